The zero-order valence-corrected chi connectivity index (χ0v) is 21.3. The summed E-state index contributed by atoms with van der Waals surface area (Å²) in [5.74, 6) is -4.11. The van der Waals surface area contributed by atoms with Gasteiger partial charge in [-0.3, -0.25) is 23.7 Å². The number of nitrogens with one attached hydrogen (secondary N) is 2. The summed E-state index contributed by atoms with van der Waals surface area (Å²) in [4.78, 5) is 37.6. The molecule has 1 fully saturated rings. The van der Waals surface area contributed by atoms with Crippen LogP contribution in [0.3, 0.4) is 0 Å². The minimum Gasteiger partial charge on any atom is -0.462 e. The molecule has 2 aromatic rings. The number of aliphatic hydroxyl groups excluding tert-OH is 1. The average molecular weight is 547 g/mol. The Labute approximate surface area is 210 Å². The van der Waals surface area contributed by atoms with Gasteiger partial charge >= 0.3 is 19.4 Å². The van der Waals surface area contributed by atoms with Crippen LogP contribution in [0.5, 0.6) is 5.75 Å². The van der Waals surface area contributed by atoms with Crippen molar-refractivity contribution >= 4 is 13.7 Å². The molecule has 1 aliphatic rings. The highest BCUT2D eigenvalue weighted by Gasteiger charge is 2.65. The van der Waals surface area contributed by atoms with E-state index in [2.05, 4.69) is 5.09 Å². The Kier molecular flexibility index (Phi) is 8.40. The molecule has 1 saturated heterocycles. The van der Waals surface area contributed by atoms with Crippen molar-refractivity contribution in [2.75, 3.05) is 6.61 Å². The smallest absolute Gasteiger partial charge is 0.459 e. The molecule has 3 rings (SSSR count). The summed E-state index contributed by atoms with van der Waals surface area (Å²) in [7, 11) is -4.59. The number of esters is 1. The first kappa shape index (κ1) is 28.7. The van der Waals surface area contributed by atoms with Gasteiger partial charge in [-0.15, -0.1) is 0 Å². The van der Waals surface area contributed by atoms with Crippen LogP contribution >= 0.6 is 7.75 Å². The van der Waals surface area contributed by atoms with E-state index in [9.17, 15) is 24.1 Å². The molecular formula is C22H28F2N3O9P. The molecule has 0 aliphatic carbocycles. The second kappa shape index (κ2) is 10.8. The quantitative estimate of drug-likeness (QED) is 0.297. The first-order valence-corrected chi connectivity index (χ1v) is 12.7. The van der Waals surface area contributed by atoms with Gasteiger partial charge in [0.2, 0.25) is 0 Å². The number of aliphatic hydroxyl groups is 1. The zero-order chi connectivity index (χ0) is 27.6. The molecular weight excluding hydrogens is 519 g/mol. The fourth-order valence-corrected chi connectivity index (χ4v) is 4.99. The molecule has 0 radical (unpaired) electrons. The van der Waals surface area contributed by atoms with Crippen molar-refractivity contribution in [3.8, 4) is 5.75 Å². The number of H-pyrrole nitrogens is 1. The number of aromatic nitrogens is 2. The Bertz CT molecular complexity index is 1270. The Morgan fingerprint density at radius 1 is 1.24 bits per heavy atom. The van der Waals surface area contributed by atoms with Crippen LogP contribution in [0, 0.1) is 0 Å². The predicted molar refractivity (Wildman–Crippen MR) is 125 cm³/mol. The van der Waals surface area contributed by atoms with Crippen molar-refractivity contribution in [2.24, 2.45) is 0 Å². The number of hydrogen-bond donors (Lipinski definition) is 3. The summed E-state index contributed by atoms with van der Waals surface area (Å²) in [5.41, 5.74) is -4.80. The molecule has 1 aliphatic heterocycles. The SMILES string of the molecule is CC(C)OC(=O)[C@H](C)N[P@](=O)(OC[C@@]1(F)O[C@@H](n2ccc(=O)[nH]c2=O)[C@](C)(F)[C@@H]1O)Oc1ccccc1. The first-order valence-electron chi connectivity index (χ1n) is 11.2. The average Bonchev–Trinajstić information content (AvgIpc) is 2.98. The van der Waals surface area contributed by atoms with Gasteiger partial charge in [-0.05, 0) is 39.8 Å². The predicted octanol–water partition coefficient (Wildman–Crippen LogP) is 1.95. The maximum Gasteiger partial charge on any atom is 0.459 e. The highest BCUT2D eigenvalue weighted by atomic mass is 31.2. The monoisotopic (exact) mass is 547 g/mol. The van der Waals surface area contributed by atoms with E-state index in [4.69, 9.17) is 18.5 Å². The van der Waals surface area contributed by atoms with E-state index in [0.29, 0.717) is 4.57 Å². The number of hydrogen-bond acceptors (Lipinski definition) is 9. The van der Waals surface area contributed by atoms with Gasteiger partial charge in [0.1, 0.15) is 18.4 Å². The number of aromatic amines is 1. The normalized spacial score (nSPS) is 28.0. The Morgan fingerprint density at radius 2 is 1.89 bits per heavy atom. The Morgan fingerprint density at radius 3 is 2.49 bits per heavy atom. The van der Waals surface area contributed by atoms with E-state index >= 15 is 8.78 Å². The number of para-hydroxylation sites is 1. The second-order valence-corrected chi connectivity index (χ2v) is 10.5. The summed E-state index contributed by atoms with van der Waals surface area (Å²) in [6.07, 6.45) is -4.17. The minimum atomic E-state index is -4.59. The van der Waals surface area contributed by atoms with E-state index < -0.39 is 67.6 Å². The molecule has 1 aromatic heterocycles. The number of ether oxygens (including phenoxy) is 2. The second-order valence-electron chi connectivity index (χ2n) is 8.84. The maximum absolute atomic E-state index is 15.8. The zero-order valence-electron chi connectivity index (χ0n) is 20.4. The van der Waals surface area contributed by atoms with Crippen molar-refractivity contribution in [3.63, 3.8) is 0 Å². The summed E-state index contributed by atoms with van der Waals surface area (Å²) in [6.45, 7) is 3.95. The van der Waals surface area contributed by atoms with Crippen LogP contribution in [-0.4, -0.2) is 57.0 Å². The van der Waals surface area contributed by atoms with Crippen LogP contribution < -0.4 is 20.9 Å². The summed E-state index contributed by atoms with van der Waals surface area (Å²) >= 11 is 0. The van der Waals surface area contributed by atoms with Crippen molar-refractivity contribution in [1.29, 1.82) is 0 Å². The van der Waals surface area contributed by atoms with Gasteiger partial charge in [-0.2, -0.15) is 5.09 Å². The molecule has 0 unspecified atom stereocenters. The molecule has 6 atom stereocenters. The van der Waals surface area contributed by atoms with Gasteiger partial charge < -0.3 is 19.1 Å². The van der Waals surface area contributed by atoms with Crippen LogP contribution in [0.25, 0.3) is 0 Å². The Hall–Kier alpha value is -2.90. The molecule has 0 spiro atoms. The molecule has 0 saturated carbocycles. The largest absolute Gasteiger partial charge is 0.462 e. The van der Waals surface area contributed by atoms with Crippen molar-refractivity contribution in [3.05, 3.63) is 63.4 Å². The van der Waals surface area contributed by atoms with Gasteiger partial charge in [0, 0.05) is 12.3 Å². The van der Waals surface area contributed by atoms with Crippen LogP contribution in [-0.2, 0) is 23.4 Å². The van der Waals surface area contributed by atoms with Gasteiger partial charge in [-0.1, -0.05) is 18.2 Å². The number of rotatable bonds is 10. The van der Waals surface area contributed by atoms with Crippen LogP contribution in [0.1, 0.15) is 33.9 Å². The molecule has 0 bridgehead atoms. The lowest BCUT2D eigenvalue weighted by Crippen LogP contribution is -2.47. The third kappa shape index (κ3) is 6.51. The molecule has 2 heterocycles. The number of alkyl halides is 2. The summed E-state index contributed by atoms with van der Waals surface area (Å²) in [5, 5.41) is 12.8. The van der Waals surface area contributed by atoms with Gasteiger partial charge in [-0.25, -0.2) is 18.1 Å². The van der Waals surface area contributed by atoms with Crippen molar-refractivity contribution in [2.45, 2.75) is 63.7 Å². The third-order valence-electron chi connectivity index (χ3n) is 5.29. The number of carbonyl (C=O) groups excluding carboxylic acids is 1. The van der Waals surface area contributed by atoms with Crippen LogP contribution in [0.2, 0.25) is 0 Å². The fourth-order valence-electron chi connectivity index (χ4n) is 3.48. The lowest BCUT2D eigenvalue weighted by atomic mass is 9.97. The van der Waals surface area contributed by atoms with Gasteiger partial charge in [0.05, 0.1) is 6.10 Å². The number of benzene rings is 1. The van der Waals surface area contributed by atoms with E-state index in [1.54, 1.807) is 32.0 Å². The topological polar surface area (TPSA) is 158 Å². The lowest BCUT2D eigenvalue weighted by molar-refractivity contribution is -0.204. The van der Waals surface area contributed by atoms with Crippen LogP contribution in [0.4, 0.5) is 8.78 Å². The minimum absolute atomic E-state index is 0.0246. The number of carbonyl (C=O) groups is 1. The summed E-state index contributed by atoms with van der Waals surface area (Å²) < 4.78 is 66.0. The van der Waals surface area contributed by atoms with Gasteiger partial charge in [0.25, 0.3) is 11.4 Å². The van der Waals surface area contributed by atoms with Gasteiger partial charge in [0.15, 0.2) is 18.0 Å². The molecule has 0 amide bonds. The standard InChI is InChI=1S/C22H28F2N3O9P/c1-13(2)34-17(29)14(3)26-37(32,36-15-8-6-5-7-9-15)33-12-22(24)18(30)21(4,23)19(35-22)27-11-10-16(28)25-20(27)31/h5-11,13-14,18-19,30H,12H2,1-4H3,(H,26,32)(H,25,28,31)/t14-,18-,19+,21+,22+,37-/m0/s1. The highest BCUT2D eigenvalue weighted by Crippen LogP contribution is 2.51. The maximum atomic E-state index is 15.8. The first-order chi connectivity index (χ1) is 17.2. The molecule has 204 valence electrons. The number of halogens is 2. The summed E-state index contributed by atoms with van der Waals surface area (Å²) in [6, 6.07) is 7.22. The van der Waals surface area contributed by atoms with Crippen molar-refractivity contribution in [1.82, 2.24) is 14.6 Å². The van der Waals surface area contributed by atoms with Crippen molar-refractivity contribution < 1.29 is 41.8 Å². The van der Waals surface area contributed by atoms with E-state index in [1.807, 2.05) is 4.98 Å². The lowest BCUT2D eigenvalue weighted by Gasteiger charge is -2.28. The molecule has 37 heavy (non-hydrogen) atoms. The molecule has 15 heteroatoms. The van der Waals surface area contributed by atoms with E-state index in [0.717, 1.165) is 19.2 Å². The third-order valence-corrected chi connectivity index (χ3v) is 6.92. The van der Waals surface area contributed by atoms with Crippen LogP contribution in [0.15, 0.2) is 52.2 Å². The number of nitrogens with zero attached hydrogens (tertiary/aromatic N) is 1. The molecule has 3 N–H and O–H groups in total. The Balaban J connectivity index is 1.86. The van der Waals surface area contributed by atoms with E-state index in [-0.39, 0.29) is 5.75 Å². The highest BCUT2D eigenvalue weighted by molar-refractivity contribution is 7.52. The molecule has 12 nitrogen and oxygen atoms in total. The fraction of sp³-hybridized carbons (Fsp3) is 0.500. The van der Waals surface area contributed by atoms with E-state index in [1.165, 1.54) is 19.1 Å². The molecule has 1 aromatic carbocycles.